The van der Waals surface area contributed by atoms with Crippen molar-refractivity contribution in [2.45, 2.75) is 24.1 Å². The average molecular weight is 240 g/mol. The Hall–Kier alpha value is 0.01000. The number of carbonyl (C=O) groups excluding carboxylic acids is 1. The molecule has 82 valence electrons. The molecule has 3 nitrogen and oxygen atoms in total. The summed E-state index contributed by atoms with van der Waals surface area (Å²) in [6.45, 7) is 2.33. The number of carbonyl (C=O) groups is 1. The van der Waals surface area contributed by atoms with Crippen LogP contribution in [0.25, 0.3) is 0 Å². The summed E-state index contributed by atoms with van der Waals surface area (Å²) in [6.07, 6.45) is 3.15. The highest BCUT2D eigenvalue weighted by Gasteiger charge is 2.15. The lowest BCUT2D eigenvalue weighted by Crippen LogP contribution is -2.31. The maximum atomic E-state index is 11.0. The highest BCUT2D eigenvalue weighted by Crippen LogP contribution is 2.17. The Morgan fingerprint density at radius 2 is 2.07 bits per heavy atom. The number of amides is 1. The van der Waals surface area contributed by atoms with Crippen LogP contribution < -0.4 is 5.32 Å². The molecule has 1 saturated heterocycles. The fraction of sp³-hybridized carbons (Fsp3) is 0.889. The molecule has 14 heavy (non-hydrogen) atoms. The average Bonchev–Trinajstić information content (AvgIpc) is 2.19. The number of rotatable bonds is 4. The molecule has 0 bridgehead atoms. The first-order chi connectivity index (χ1) is 6.70. The van der Waals surface area contributed by atoms with E-state index in [1.807, 2.05) is 0 Å². The fourth-order valence-corrected chi connectivity index (χ4v) is 1.67. The van der Waals surface area contributed by atoms with Crippen LogP contribution in [0.4, 0.5) is 0 Å². The zero-order valence-corrected chi connectivity index (χ0v) is 9.48. The van der Waals surface area contributed by atoms with Crippen molar-refractivity contribution in [3.8, 4) is 0 Å². The Morgan fingerprint density at radius 1 is 1.43 bits per heavy atom. The molecule has 1 heterocycles. The third-order valence-electron chi connectivity index (χ3n) is 2.39. The second-order valence-electron chi connectivity index (χ2n) is 3.44. The van der Waals surface area contributed by atoms with Gasteiger partial charge in [0.2, 0.25) is 0 Å². The van der Waals surface area contributed by atoms with Crippen LogP contribution in [0.3, 0.4) is 0 Å². The van der Waals surface area contributed by atoms with Crippen molar-refractivity contribution in [2.75, 3.05) is 19.8 Å². The summed E-state index contributed by atoms with van der Waals surface area (Å²) in [7, 11) is 0. The number of hydrogen-bond acceptors (Lipinski definition) is 2. The number of hydrogen-bond donors (Lipinski definition) is 1. The van der Waals surface area contributed by atoms with Crippen molar-refractivity contribution in [2.24, 2.45) is 5.92 Å². The summed E-state index contributed by atoms with van der Waals surface area (Å²) in [4.78, 5) is 10.0. The van der Waals surface area contributed by atoms with E-state index in [1.165, 1.54) is 0 Å². The number of halogens is 2. The standard InChI is InChI=1S/C9H15Cl2NO2/c10-8(11)9(13)12-4-1-7-2-5-14-6-3-7/h7-8H,1-6H2,(H,12,13). The van der Waals surface area contributed by atoms with Crippen LogP contribution in [0.15, 0.2) is 0 Å². The molecular formula is C9H15Cl2NO2. The molecule has 1 rings (SSSR count). The maximum absolute atomic E-state index is 11.0. The van der Waals surface area contributed by atoms with E-state index < -0.39 is 4.84 Å². The van der Waals surface area contributed by atoms with E-state index in [2.05, 4.69) is 5.32 Å². The normalized spacial score (nSPS) is 18.5. The largest absolute Gasteiger partial charge is 0.381 e. The summed E-state index contributed by atoms with van der Waals surface area (Å²) < 4.78 is 5.24. The molecule has 1 N–H and O–H groups in total. The van der Waals surface area contributed by atoms with Gasteiger partial charge in [0.15, 0.2) is 4.84 Å². The molecule has 0 aromatic rings. The molecule has 0 saturated carbocycles. The third-order valence-corrected chi connectivity index (χ3v) is 2.79. The van der Waals surface area contributed by atoms with Crippen LogP contribution in [0.5, 0.6) is 0 Å². The SMILES string of the molecule is O=C(NCCC1CCOCC1)C(Cl)Cl. The predicted octanol–water partition coefficient (Wildman–Crippen LogP) is 1.72. The van der Waals surface area contributed by atoms with Gasteiger partial charge in [0.1, 0.15) is 0 Å². The topological polar surface area (TPSA) is 38.3 Å². The monoisotopic (exact) mass is 239 g/mol. The molecule has 1 fully saturated rings. The van der Waals surface area contributed by atoms with Gasteiger partial charge in [-0.05, 0) is 25.2 Å². The van der Waals surface area contributed by atoms with Gasteiger partial charge in [-0.3, -0.25) is 4.79 Å². The lowest BCUT2D eigenvalue weighted by molar-refractivity contribution is -0.119. The minimum atomic E-state index is -0.954. The summed E-state index contributed by atoms with van der Waals surface area (Å²) in [6, 6.07) is 0. The quantitative estimate of drug-likeness (QED) is 0.760. The lowest BCUT2D eigenvalue weighted by atomic mass is 9.97. The van der Waals surface area contributed by atoms with Crippen molar-refractivity contribution in [1.82, 2.24) is 5.32 Å². The van der Waals surface area contributed by atoms with Crippen LogP contribution in [0, 0.1) is 5.92 Å². The lowest BCUT2D eigenvalue weighted by Gasteiger charge is -2.21. The molecule has 0 atom stereocenters. The zero-order chi connectivity index (χ0) is 10.4. The van der Waals surface area contributed by atoms with Crippen molar-refractivity contribution in [3.63, 3.8) is 0 Å². The summed E-state index contributed by atoms with van der Waals surface area (Å²) in [5.41, 5.74) is 0. The number of alkyl halides is 2. The van der Waals surface area contributed by atoms with Crippen molar-refractivity contribution in [1.29, 1.82) is 0 Å². The summed E-state index contributed by atoms with van der Waals surface area (Å²) >= 11 is 10.8. The molecule has 0 aromatic carbocycles. The smallest absolute Gasteiger partial charge is 0.253 e. The van der Waals surface area contributed by atoms with Crippen molar-refractivity contribution < 1.29 is 9.53 Å². The van der Waals surface area contributed by atoms with Gasteiger partial charge in [-0.1, -0.05) is 23.2 Å². The second-order valence-corrected chi connectivity index (χ2v) is 4.53. The number of nitrogens with one attached hydrogen (secondary N) is 1. The number of ether oxygens (including phenoxy) is 1. The molecule has 0 spiro atoms. The fourth-order valence-electron chi connectivity index (χ4n) is 1.51. The first-order valence-corrected chi connectivity index (χ1v) is 5.71. The van der Waals surface area contributed by atoms with Crippen molar-refractivity contribution in [3.05, 3.63) is 0 Å². The van der Waals surface area contributed by atoms with Gasteiger partial charge in [0, 0.05) is 19.8 Å². The summed E-state index contributed by atoms with van der Waals surface area (Å²) in [5, 5.41) is 2.69. The first kappa shape index (κ1) is 12.1. The second kappa shape index (κ2) is 6.49. The van der Waals surface area contributed by atoms with E-state index >= 15 is 0 Å². The molecule has 5 heteroatoms. The highest BCUT2D eigenvalue weighted by molar-refractivity contribution is 6.53. The van der Waals surface area contributed by atoms with Gasteiger partial charge in [0.05, 0.1) is 0 Å². The zero-order valence-electron chi connectivity index (χ0n) is 7.97. The first-order valence-electron chi connectivity index (χ1n) is 4.83. The molecule has 0 radical (unpaired) electrons. The van der Waals surface area contributed by atoms with Crippen LogP contribution in [0.1, 0.15) is 19.3 Å². The Labute approximate surface area is 94.1 Å². The third kappa shape index (κ3) is 4.49. The van der Waals surface area contributed by atoms with Gasteiger partial charge in [-0.15, -0.1) is 0 Å². The Kier molecular flexibility index (Phi) is 5.60. The van der Waals surface area contributed by atoms with Gasteiger partial charge >= 0.3 is 0 Å². The van der Waals surface area contributed by atoms with Gasteiger partial charge in [-0.25, -0.2) is 0 Å². The van der Waals surface area contributed by atoms with E-state index in [1.54, 1.807) is 0 Å². The molecule has 1 aliphatic rings. The van der Waals surface area contributed by atoms with Gasteiger partial charge < -0.3 is 10.1 Å². The van der Waals surface area contributed by atoms with E-state index in [-0.39, 0.29) is 5.91 Å². The Balaban J connectivity index is 2.05. The minimum Gasteiger partial charge on any atom is -0.381 e. The van der Waals surface area contributed by atoms with Crippen LogP contribution >= 0.6 is 23.2 Å². The highest BCUT2D eigenvalue weighted by atomic mass is 35.5. The minimum absolute atomic E-state index is 0.305. The van der Waals surface area contributed by atoms with Crippen LogP contribution in [0.2, 0.25) is 0 Å². The molecule has 0 aromatic heterocycles. The van der Waals surface area contributed by atoms with Crippen molar-refractivity contribution >= 4 is 29.1 Å². The molecule has 1 aliphatic heterocycles. The van der Waals surface area contributed by atoms with E-state index in [9.17, 15) is 4.79 Å². The van der Waals surface area contributed by atoms with E-state index in [4.69, 9.17) is 27.9 Å². The molecule has 1 amide bonds. The van der Waals surface area contributed by atoms with Gasteiger partial charge in [-0.2, -0.15) is 0 Å². The van der Waals surface area contributed by atoms with Gasteiger partial charge in [0.25, 0.3) is 5.91 Å². The molecule has 0 unspecified atom stereocenters. The maximum Gasteiger partial charge on any atom is 0.253 e. The summed E-state index contributed by atoms with van der Waals surface area (Å²) in [5.74, 6) is 0.355. The van der Waals surface area contributed by atoms with E-state index in [0.29, 0.717) is 12.5 Å². The molecular weight excluding hydrogens is 225 g/mol. The van der Waals surface area contributed by atoms with Crippen LogP contribution in [-0.2, 0) is 9.53 Å². The van der Waals surface area contributed by atoms with Crippen LogP contribution in [-0.4, -0.2) is 30.5 Å². The Bertz CT molecular complexity index is 182. The Morgan fingerprint density at radius 3 is 2.64 bits per heavy atom. The molecule has 0 aliphatic carbocycles. The predicted molar refractivity (Wildman–Crippen MR) is 56.7 cm³/mol. The van der Waals surface area contributed by atoms with E-state index in [0.717, 1.165) is 32.5 Å².